The molecule has 2 nitrogen and oxygen atoms in total. The Kier molecular flexibility index (Phi) is 4.15. The van der Waals surface area contributed by atoms with Crippen molar-refractivity contribution in [1.29, 1.82) is 0 Å². The number of aromatic nitrogens is 2. The topological polar surface area (TPSA) is 25.8 Å². The summed E-state index contributed by atoms with van der Waals surface area (Å²) in [5.74, 6) is 0. The van der Waals surface area contributed by atoms with E-state index in [-0.39, 0.29) is 0 Å². The average Bonchev–Trinajstić information content (AvgIpc) is 2.79. The Hall–Kier alpha value is -3.78. The lowest BCUT2D eigenvalue weighted by atomic mass is 9.90. The first kappa shape index (κ1) is 16.4. The van der Waals surface area contributed by atoms with E-state index in [1.165, 1.54) is 11.1 Å². The second-order valence-electron chi connectivity index (χ2n) is 6.67. The fraction of sp³-hybridized carbons (Fsp3) is 0. The zero-order valence-electron chi connectivity index (χ0n) is 15.3. The first-order chi connectivity index (χ1) is 13.9. The van der Waals surface area contributed by atoms with E-state index in [9.17, 15) is 0 Å². The van der Waals surface area contributed by atoms with Crippen LogP contribution in [0.5, 0.6) is 0 Å². The summed E-state index contributed by atoms with van der Waals surface area (Å²) in [5, 5.41) is 1.13. The molecule has 0 N–H and O–H groups in total. The molecule has 2 aromatic heterocycles. The molecule has 5 aromatic rings. The third-order valence-corrected chi connectivity index (χ3v) is 4.92. The predicted octanol–water partition coefficient (Wildman–Crippen LogP) is 6.63. The van der Waals surface area contributed by atoms with Gasteiger partial charge in [0.15, 0.2) is 0 Å². The molecule has 5 rings (SSSR count). The summed E-state index contributed by atoms with van der Waals surface area (Å²) in [6, 6.07) is 35.2. The first-order valence-electron chi connectivity index (χ1n) is 9.37. The van der Waals surface area contributed by atoms with E-state index in [1.54, 1.807) is 0 Å². The fourth-order valence-electron chi connectivity index (χ4n) is 3.68. The number of benzene rings is 3. The molecule has 132 valence electrons. The maximum atomic E-state index is 5.07. The van der Waals surface area contributed by atoms with E-state index in [0.29, 0.717) is 0 Å². The summed E-state index contributed by atoms with van der Waals surface area (Å²) in [4.78, 5) is 9.76. The van der Waals surface area contributed by atoms with Crippen LogP contribution in [-0.4, -0.2) is 9.97 Å². The number of para-hydroxylation sites is 1. The van der Waals surface area contributed by atoms with Crippen molar-refractivity contribution in [3.05, 3.63) is 109 Å². The van der Waals surface area contributed by atoms with Crippen LogP contribution in [0.1, 0.15) is 0 Å². The third kappa shape index (κ3) is 2.85. The van der Waals surface area contributed by atoms with Crippen molar-refractivity contribution in [2.75, 3.05) is 0 Å². The second-order valence-corrected chi connectivity index (χ2v) is 6.67. The average molecular weight is 358 g/mol. The Balaban J connectivity index is 1.97. The van der Waals surface area contributed by atoms with Crippen molar-refractivity contribution in [2.24, 2.45) is 0 Å². The highest BCUT2D eigenvalue weighted by Gasteiger charge is 2.19. The maximum absolute atomic E-state index is 5.07. The number of hydrogen-bond donors (Lipinski definition) is 0. The Morgan fingerprint density at radius 2 is 1.14 bits per heavy atom. The molecule has 0 saturated carbocycles. The van der Waals surface area contributed by atoms with Crippen molar-refractivity contribution < 1.29 is 0 Å². The maximum Gasteiger partial charge on any atom is 0.0810 e. The zero-order valence-corrected chi connectivity index (χ0v) is 15.3. The molecule has 2 heteroatoms. The molecule has 0 fully saturated rings. The first-order valence-corrected chi connectivity index (χ1v) is 9.37. The molecule has 0 saturated heterocycles. The number of hydrogen-bond acceptors (Lipinski definition) is 2. The Bertz CT molecular complexity index is 1230. The molecule has 28 heavy (non-hydrogen) atoms. The summed E-state index contributed by atoms with van der Waals surface area (Å²) in [6.07, 6.45) is 1.84. The summed E-state index contributed by atoms with van der Waals surface area (Å²) in [7, 11) is 0. The van der Waals surface area contributed by atoms with Crippen LogP contribution in [0.2, 0.25) is 0 Å². The monoisotopic (exact) mass is 358 g/mol. The molecule has 3 aromatic carbocycles. The summed E-state index contributed by atoms with van der Waals surface area (Å²) in [5.41, 5.74) is 7.36. The van der Waals surface area contributed by atoms with Gasteiger partial charge in [-0.05, 0) is 23.8 Å². The predicted molar refractivity (Wildman–Crippen MR) is 116 cm³/mol. The quantitative estimate of drug-likeness (QED) is 0.362. The van der Waals surface area contributed by atoms with E-state index in [0.717, 1.165) is 33.4 Å². The van der Waals surface area contributed by atoms with Gasteiger partial charge in [-0.25, -0.2) is 4.98 Å². The standard InChI is InChI=1S/C26H18N2/c1-3-11-19(12-4-1)24-21-15-7-8-16-22(21)28-26(20-13-5-2-6-14-20)25(24)23-17-9-10-18-27-23/h1-18H. The van der Waals surface area contributed by atoms with Crippen LogP contribution in [0.15, 0.2) is 109 Å². The summed E-state index contributed by atoms with van der Waals surface area (Å²) >= 11 is 0. The van der Waals surface area contributed by atoms with Gasteiger partial charge >= 0.3 is 0 Å². The summed E-state index contributed by atoms with van der Waals surface area (Å²) < 4.78 is 0. The van der Waals surface area contributed by atoms with Gasteiger partial charge < -0.3 is 0 Å². The molecule has 0 aliphatic carbocycles. The highest BCUT2D eigenvalue weighted by molar-refractivity contribution is 6.06. The van der Waals surface area contributed by atoms with Crippen molar-refractivity contribution in [3.63, 3.8) is 0 Å². The minimum atomic E-state index is 0.929. The molecule has 0 aliphatic heterocycles. The van der Waals surface area contributed by atoms with Crippen LogP contribution in [0, 0.1) is 0 Å². The van der Waals surface area contributed by atoms with Gasteiger partial charge in [-0.2, -0.15) is 0 Å². The van der Waals surface area contributed by atoms with Crippen LogP contribution in [0.3, 0.4) is 0 Å². The van der Waals surface area contributed by atoms with E-state index < -0.39 is 0 Å². The Labute approximate surface area is 164 Å². The van der Waals surface area contributed by atoms with Gasteiger partial charge in [-0.1, -0.05) is 84.9 Å². The van der Waals surface area contributed by atoms with E-state index in [2.05, 4.69) is 77.8 Å². The van der Waals surface area contributed by atoms with Crippen molar-refractivity contribution in [2.45, 2.75) is 0 Å². The molecule has 2 heterocycles. The molecule has 0 bridgehead atoms. The van der Waals surface area contributed by atoms with Crippen LogP contribution in [0.25, 0.3) is 44.5 Å². The Morgan fingerprint density at radius 3 is 1.86 bits per heavy atom. The fourth-order valence-corrected chi connectivity index (χ4v) is 3.68. The van der Waals surface area contributed by atoms with Gasteiger partial charge in [0.25, 0.3) is 0 Å². The van der Waals surface area contributed by atoms with Crippen LogP contribution >= 0.6 is 0 Å². The van der Waals surface area contributed by atoms with Crippen LogP contribution in [0.4, 0.5) is 0 Å². The zero-order chi connectivity index (χ0) is 18.8. The van der Waals surface area contributed by atoms with Gasteiger partial charge in [0, 0.05) is 28.3 Å². The summed E-state index contributed by atoms with van der Waals surface area (Å²) in [6.45, 7) is 0. The molecule has 0 spiro atoms. The van der Waals surface area contributed by atoms with E-state index >= 15 is 0 Å². The molecule has 0 unspecified atom stereocenters. The number of nitrogens with zero attached hydrogens (tertiary/aromatic N) is 2. The largest absolute Gasteiger partial charge is 0.256 e. The molecular weight excluding hydrogens is 340 g/mol. The minimum Gasteiger partial charge on any atom is -0.256 e. The Morgan fingerprint density at radius 1 is 0.500 bits per heavy atom. The normalized spacial score (nSPS) is 10.9. The second kappa shape index (κ2) is 7.09. The third-order valence-electron chi connectivity index (χ3n) is 4.92. The minimum absolute atomic E-state index is 0.929. The number of fused-ring (bicyclic) bond motifs is 1. The van der Waals surface area contributed by atoms with Crippen molar-refractivity contribution in [3.8, 4) is 33.6 Å². The van der Waals surface area contributed by atoms with Crippen molar-refractivity contribution in [1.82, 2.24) is 9.97 Å². The van der Waals surface area contributed by atoms with Gasteiger partial charge in [0.1, 0.15) is 0 Å². The highest BCUT2D eigenvalue weighted by atomic mass is 14.7. The lowest BCUT2D eigenvalue weighted by molar-refractivity contribution is 1.30. The number of rotatable bonds is 3. The molecule has 0 aliphatic rings. The van der Waals surface area contributed by atoms with E-state index in [4.69, 9.17) is 4.98 Å². The van der Waals surface area contributed by atoms with Crippen LogP contribution < -0.4 is 0 Å². The van der Waals surface area contributed by atoms with Gasteiger partial charge in [-0.15, -0.1) is 0 Å². The molecule has 0 atom stereocenters. The molecule has 0 radical (unpaired) electrons. The number of pyridine rings is 2. The SMILES string of the molecule is c1ccc(-c2nc3ccccc3c(-c3ccccc3)c2-c2ccccn2)cc1. The lowest BCUT2D eigenvalue weighted by Gasteiger charge is -2.17. The smallest absolute Gasteiger partial charge is 0.0810 e. The van der Waals surface area contributed by atoms with E-state index in [1.807, 2.05) is 36.5 Å². The van der Waals surface area contributed by atoms with Gasteiger partial charge in [0.2, 0.25) is 0 Å². The lowest BCUT2D eigenvalue weighted by Crippen LogP contribution is -1.97. The van der Waals surface area contributed by atoms with Gasteiger partial charge in [0.05, 0.1) is 16.9 Å². The van der Waals surface area contributed by atoms with Gasteiger partial charge in [-0.3, -0.25) is 4.98 Å². The molecular formula is C26H18N2. The highest BCUT2D eigenvalue weighted by Crippen LogP contribution is 2.42. The van der Waals surface area contributed by atoms with Crippen LogP contribution in [-0.2, 0) is 0 Å². The molecule has 0 amide bonds. The van der Waals surface area contributed by atoms with Crippen molar-refractivity contribution >= 4 is 10.9 Å².